The summed E-state index contributed by atoms with van der Waals surface area (Å²) in [7, 11) is 1.44. The zero-order valence-corrected chi connectivity index (χ0v) is 7.16. The number of hydrogen-bond donors (Lipinski definition) is 1. The van der Waals surface area contributed by atoms with E-state index < -0.39 is 11.9 Å². The monoisotopic (exact) mass is 183 g/mol. The number of rotatable bonds is 3. The van der Waals surface area contributed by atoms with E-state index in [1.165, 1.54) is 25.3 Å². The Kier molecular flexibility index (Phi) is 2.97. The van der Waals surface area contributed by atoms with Gasteiger partial charge in [0.15, 0.2) is 0 Å². The van der Waals surface area contributed by atoms with Crippen LogP contribution in [-0.2, 0) is 4.79 Å². The first-order chi connectivity index (χ1) is 6.19. The number of nitrogens with two attached hydrogens (primary N) is 1. The number of hydrogen-bond acceptors (Lipinski definition) is 3. The fraction of sp³-hybridized carbons (Fsp3) is 0.222. The summed E-state index contributed by atoms with van der Waals surface area (Å²) in [4.78, 5) is 10.4. The second-order valence-corrected chi connectivity index (χ2v) is 2.55. The second kappa shape index (κ2) is 4.00. The first-order valence-electron chi connectivity index (χ1n) is 3.73. The number of carbonyl (C=O) groups excluding carboxylic acids is 1. The van der Waals surface area contributed by atoms with Gasteiger partial charge >= 0.3 is 0 Å². The predicted molar refractivity (Wildman–Crippen MR) is 45.9 cm³/mol. The molecule has 0 fully saturated rings. The highest BCUT2D eigenvalue weighted by Crippen LogP contribution is 2.23. The minimum absolute atomic E-state index is 0.359. The van der Waals surface area contributed by atoms with Crippen molar-refractivity contribution in [3.63, 3.8) is 0 Å². The molecule has 0 bridgehead atoms. The molecular weight excluding hydrogens is 173 g/mol. The van der Waals surface area contributed by atoms with Crippen LogP contribution in [0.5, 0.6) is 5.75 Å². The largest absolute Gasteiger partial charge is 0.496 e. The Morgan fingerprint density at radius 2 is 2.31 bits per heavy atom. The molecule has 0 heterocycles. The molecule has 70 valence electrons. The van der Waals surface area contributed by atoms with Crippen LogP contribution in [0.15, 0.2) is 18.2 Å². The number of halogens is 1. The fourth-order valence-corrected chi connectivity index (χ4v) is 1.04. The summed E-state index contributed by atoms with van der Waals surface area (Å²) in [5.74, 6) is -0.0194. The van der Waals surface area contributed by atoms with E-state index in [9.17, 15) is 9.18 Å². The Morgan fingerprint density at radius 1 is 1.62 bits per heavy atom. The molecule has 0 spiro atoms. The first-order valence-corrected chi connectivity index (χ1v) is 3.73. The lowest BCUT2D eigenvalue weighted by Gasteiger charge is -2.10. The summed E-state index contributed by atoms with van der Waals surface area (Å²) in [6.07, 6.45) is 0.539. The predicted octanol–water partition coefficient (Wildman–Crippen LogP) is 1.03. The minimum atomic E-state index is -0.842. The first kappa shape index (κ1) is 9.67. The van der Waals surface area contributed by atoms with Crippen LogP contribution in [0.2, 0.25) is 0 Å². The van der Waals surface area contributed by atoms with Crippen molar-refractivity contribution in [3.8, 4) is 5.75 Å². The molecule has 1 aromatic rings. The van der Waals surface area contributed by atoms with Crippen molar-refractivity contribution in [2.24, 2.45) is 5.73 Å². The SMILES string of the molecule is COc1ccc(F)cc1C(N)C=O. The fourth-order valence-electron chi connectivity index (χ4n) is 1.04. The van der Waals surface area contributed by atoms with Gasteiger partial charge < -0.3 is 15.3 Å². The summed E-state index contributed by atoms with van der Waals surface area (Å²) in [6, 6.07) is 3.04. The van der Waals surface area contributed by atoms with Gasteiger partial charge in [-0.2, -0.15) is 0 Å². The average Bonchev–Trinajstić information content (AvgIpc) is 2.16. The van der Waals surface area contributed by atoms with E-state index in [-0.39, 0.29) is 0 Å². The van der Waals surface area contributed by atoms with E-state index in [0.717, 1.165) is 0 Å². The lowest BCUT2D eigenvalue weighted by Crippen LogP contribution is -2.12. The van der Waals surface area contributed by atoms with E-state index in [1.807, 2.05) is 0 Å². The van der Waals surface area contributed by atoms with Gasteiger partial charge in [0.25, 0.3) is 0 Å². The second-order valence-electron chi connectivity index (χ2n) is 2.55. The maximum absolute atomic E-state index is 12.8. The normalized spacial score (nSPS) is 12.2. The molecule has 13 heavy (non-hydrogen) atoms. The lowest BCUT2D eigenvalue weighted by atomic mass is 10.1. The molecule has 1 atom stereocenters. The third-order valence-electron chi connectivity index (χ3n) is 1.70. The molecule has 0 saturated heterocycles. The summed E-state index contributed by atoms with van der Waals surface area (Å²) in [5, 5.41) is 0. The highest BCUT2D eigenvalue weighted by atomic mass is 19.1. The molecular formula is C9H10FNO2. The number of benzene rings is 1. The standard InChI is InChI=1S/C9H10FNO2/c1-13-9-3-2-6(10)4-7(9)8(11)5-12/h2-5,8H,11H2,1H3. The Hall–Kier alpha value is -1.42. The zero-order valence-electron chi connectivity index (χ0n) is 7.16. The average molecular weight is 183 g/mol. The van der Waals surface area contributed by atoms with Crippen LogP contribution in [0, 0.1) is 5.82 Å². The number of aldehydes is 1. The quantitative estimate of drug-likeness (QED) is 0.712. The molecule has 0 radical (unpaired) electrons. The molecule has 1 aromatic carbocycles. The molecule has 0 aliphatic rings. The molecule has 0 aromatic heterocycles. The Morgan fingerprint density at radius 3 is 2.85 bits per heavy atom. The molecule has 0 saturated carbocycles. The van der Waals surface area contributed by atoms with Gasteiger partial charge in [0.2, 0.25) is 0 Å². The Bertz CT molecular complexity index is 314. The van der Waals surface area contributed by atoms with Gasteiger partial charge in [-0.05, 0) is 18.2 Å². The van der Waals surface area contributed by atoms with Gasteiger partial charge in [-0.15, -0.1) is 0 Å². The highest BCUT2D eigenvalue weighted by molar-refractivity contribution is 5.63. The summed E-state index contributed by atoms with van der Waals surface area (Å²) >= 11 is 0. The molecule has 4 heteroatoms. The van der Waals surface area contributed by atoms with E-state index in [0.29, 0.717) is 17.6 Å². The van der Waals surface area contributed by atoms with Crippen molar-refractivity contribution in [2.75, 3.05) is 7.11 Å². The summed E-state index contributed by atoms with van der Waals surface area (Å²) in [6.45, 7) is 0. The van der Waals surface area contributed by atoms with Gasteiger partial charge in [0, 0.05) is 5.56 Å². The van der Waals surface area contributed by atoms with Crippen LogP contribution < -0.4 is 10.5 Å². The van der Waals surface area contributed by atoms with Crippen molar-refractivity contribution in [2.45, 2.75) is 6.04 Å². The highest BCUT2D eigenvalue weighted by Gasteiger charge is 2.11. The van der Waals surface area contributed by atoms with E-state index >= 15 is 0 Å². The van der Waals surface area contributed by atoms with Crippen LogP contribution in [0.4, 0.5) is 4.39 Å². The van der Waals surface area contributed by atoms with Gasteiger partial charge in [0.1, 0.15) is 17.9 Å². The van der Waals surface area contributed by atoms with Crippen LogP contribution in [-0.4, -0.2) is 13.4 Å². The van der Waals surface area contributed by atoms with Gasteiger partial charge in [-0.25, -0.2) is 4.39 Å². The van der Waals surface area contributed by atoms with Crippen molar-refractivity contribution >= 4 is 6.29 Å². The number of carbonyl (C=O) groups is 1. The third-order valence-corrected chi connectivity index (χ3v) is 1.70. The Labute approximate surface area is 75.3 Å². The summed E-state index contributed by atoms with van der Waals surface area (Å²) in [5.41, 5.74) is 5.78. The number of ether oxygens (including phenoxy) is 1. The minimum Gasteiger partial charge on any atom is -0.496 e. The van der Waals surface area contributed by atoms with Crippen molar-refractivity contribution in [1.29, 1.82) is 0 Å². The van der Waals surface area contributed by atoms with E-state index in [2.05, 4.69) is 0 Å². The lowest BCUT2D eigenvalue weighted by molar-refractivity contribution is -0.109. The Balaban J connectivity index is 3.14. The maximum Gasteiger partial charge on any atom is 0.141 e. The van der Waals surface area contributed by atoms with Gasteiger partial charge in [-0.3, -0.25) is 0 Å². The third kappa shape index (κ3) is 2.03. The molecule has 2 N–H and O–H groups in total. The van der Waals surface area contributed by atoms with Gasteiger partial charge in [-0.1, -0.05) is 0 Å². The molecule has 0 amide bonds. The van der Waals surface area contributed by atoms with E-state index in [1.54, 1.807) is 0 Å². The topological polar surface area (TPSA) is 52.3 Å². The van der Waals surface area contributed by atoms with Crippen LogP contribution in [0.3, 0.4) is 0 Å². The van der Waals surface area contributed by atoms with Crippen LogP contribution >= 0.6 is 0 Å². The molecule has 3 nitrogen and oxygen atoms in total. The van der Waals surface area contributed by atoms with Gasteiger partial charge in [0.05, 0.1) is 13.2 Å². The summed E-state index contributed by atoms with van der Waals surface area (Å²) < 4.78 is 17.7. The molecule has 0 aliphatic heterocycles. The van der Waals surface area contributed by atoms with Crippen LogP contribution in [0.25, 0.3) is 0 Å². The maximum atomic E-state index is 12.8. The zero-order chi connectivity index (χ0) is 9.84. The number of methoxy groups -OCH3 is 1. The van der Waals surface area contributed by atoms with Crippen molar-refractivity contribution in [3.05, 3.63) is 29.6 Å². The van der Waals surface area contributed by atoms with Crippen molar-refractivity contribution < 1.29 is 13.9 Å². The van der Waals surface area contributed by atoms with Crippen molar-refractivity contribution in [1.82, 2.24) is 0 Å². The smallest absolute Gasteiger partial charge is 0.141 e. The molecule has 1 unspecified atom stereocenters. The molecule has 0 aliphatic carbocycles. The molecule has 1 rings (SSSR count). The van der Waals surface area contributed by atoms with Crippen LogP contribution in [0.1, 0.15) is 11.6 Å². The van der Waals surface area contributed by atoms with E-state index in [4.69, 9.17) is 10.5 Å².